The molecule has 1 aliphatic heterocycles. The number of carbonyl (C=O) groups is 1. The number of hydroxylamine groups is 3. The smallest absolute Gasteiger partial charge is 0.142 e. The van der Waals surface area contributed by atoms with Crippen LogP contribution in [0, 0.1) is 28.9 Å². The molecule has 1 heterocycles. The van der Waals surface area contributed by atoms with Crippen molar-refractivity contribution in [3.8, 4) is 0 Å². The van der Waals surface area contributed by atoms with E-state index in [0.717, 1.165) is 44.6 Å². The van der Waals surface area contributed by atoms with E-state index in [1.807, 2.05) is 0 Å². The van der Waals surface area contributed by atoms with Crippen LogP contribution in [0.4, 0.5) is 0 Å². The number of hydrogen-bond donors (Lipinski definition) is 0. The lowest BCUT2D eigenvalue weighted by atomic mass is 9.73. The summed E-state index contributed by atoms with van der Waals surface area (Å²) in [4.78, 5) is 13.2. The zero-order chi connectivity index (χ0) is 18.6. The van der Waals surface area contributed by atoms with Gasteiger partial charge in [-0.05, 0) is 37.5 Å². The van der Waals surface area contributed by atoms with Crippen molar-refractivity contribution in [2.75, 3.05) is 13.1 Å². The van der Waals surface area contributed by atoms with E-state index in [1.165, 1.54) is 51.4 Å². The number of ketones is 1. The first-order valence-electron chi connectivity index (χ1n) is 11.7. The molecule has 2 aliphatic carbocycles. The van der Waals surface area contributed by atoms with Crippen LogP contribution in [0.3, 0.4) is 0 Å². The number of unbranched alkanes of at least 4 members (excludes halogenated alkanes) is 1. The van der Waals surface area contributed by atoms with Gasteiger partial charge in [0.15, 0.2) is 0 Å². The predicted molar refractivity (Wildman–Crippen MR) is 107 cm³/mol. The summed E-state index contributed by atoms with van der Waals surface area (Å²) in [6.07, 6.45) is 15.2. The van der Waals surface area contributed by atoms with Crippen LogP contribution in [-0.4, -0.2) is 29.6 Å². The van der Waals surface area contributed by atoms with Crippen molar-refractivity contribution in [2.24, 2.45) is 23.7 Å². The molecule has 0 bridgehead atoms. The molecule has 6 unspecified atom stereocenters. The second kappa shape index (κ2) is 9.19. The van der Waals surface area contributed by atoms with Gasteiger partial charge in [-0.1, -0.05) is 58.8 Å². The van der Waals surface area contributed by atoms with Gasteiger partial charge in [0.25, 0.3) is 0 Å². The first-order chi connectivity index (χ1) is 12.6. The van der Waals surface area contributed by atoms with E-state index in [2.05, 4.69) is 13.8 Å². The van der Waals surface area contributed by atoms with Crippen LogP contribution in [0.1, 0.15) is 97.3 Å². The topological polar surface area (TPSA) is 40.1 Å². The first kappa shape index (κ1) is 20.3. The molecule has 3 aliphatic rings. The molecule has 0 aromatic carbocycles. The Kier molecular flexibility index (Phi) is 7.18. The molecule has 0 radical (unpaired) electrons. The van der Waals surface area contributed by atoms with Gasteiger partial charge in [-0.2, -0.15) is 0 Å². The van der Waals surface area contributed by atoms with Crippen molar-refractivity contribution >= 4 is 5.78 Å². The van der Waals surface area contributed by atoms with Crippen LogP contribution in [-0.2, 0) is 4.79 Å². The van der Waals surface area contributed by atoms with Crippen LogP contribution in [0.15, 0.2) is 0 Å². The Hall–Kier alpha value is -0.410. The minimum atomic E-state index is -0.0436. The average molecular weight is 364 g/mol. The second-order valence-corrected chi connectivity index (χ2v) is 9.69. The Morgan fingerprint density at radius 1 is 1.00 bits per heavy atom. The highest BCUT2D eigenvalue weighted by atomic mass is 16.5. The van der Waals surface area contributed by atoms with Crippen molar-refractivity contribution in [3.05, 3.63) is 5.21 Å². The zero-order valence-electron chi connectivity index (χ0n) is 17.3. The van der Waals surface area contributed by atoms with Crippen molar-refractivity contribution in [1.82, 2.24) is 0 Å². The summed E-state index contributed by atoms with van der Waals surface area (Å²) in [6.45, 7) is 5.78. The maximum Gasteiger partial charge on any atom is 0.142 e. The summed E-state index contributed by atoms with van der Waals surface area (Å²) in [7, 11) is 0. The van der Waals surface area contributed by atoms with Gasteiger partial charge in [0.2, 0.25) is 0 Å². The van der Waals surface area contributed by atoms with E-state index < -0.39 is 0 Å². The van der Waals surface area contributed by atoms with E-state index in [-0.39, 0.29) is 16.6 Å². The van der Waals surface area contributed by atoms with Gasteiger partial charge in [0.1, 0.15) is 5.78 Å². The molecule has 26 heavy (non-hydrogen) atoms. The molecular formula is C23H41NO2. The number of Topliss-reactive ketones (excluding diaryl/α,β-unsaturated/α-hetero) is 1. The maximum absolute atomic E-state index is 13.6. The minimum absolute atomic E-state index is 0.0436. The number of quaternary nitrogens is 1. The fraction of sp³-hybridized carbons (Fsp3) is 0.957. The number of hydrogen-bond acceptors (Lipinski definition) is 2. The van der Waals surface area contributed by atoms with Gasteiger partial charge in [0, 0.05) is 18.8 Å². The van der Waals surface area contributed by atoms with Crippen molar-refractivity contribution in [1.29, 1.82) is 0 Å². The molecule has 0 spiro atoms. The van der Waals surface area contributed by atoms with Gasteiger partial charge < -0.3 is 9.85 Å². The summed E-state index contributed by atoms with van der Waals surface area (Å²) < 4.78 is -0.0436. The lowest BCUT2D eigenvalue weighted by Gasteiger charge is -2.46. The average Bonchev–Trinajstić information content (AvgIpc) is 2.95. The van der Waals surface area contributed by atoms with E-state index in [0.29, 0.717) is 24.2 Å². The fourth-order valence-corrected chi connectivity index (χ4v) is 6.51. The lowest BCUT2D eigenvalue weighted by Crippen LogP contribution is -2.49. The monoisotopic (exact) mass is 363 g/mol. The summed E-state index contributed by atoms with van der Waals surface area (Å²) in [5.41, 5.74) is 0. The highest BCUT2D eigenvalue weighted by molar-refractivity contribution is 5.82. The number of likely N-dealkylation sites (tertiary alicyclic amines) is 1. The molecule has 0 aromatic heterocycles. The predicted octanol–water partition coefficient (Wildman–Crippen LogP) is 5.86. The Morgan fingerprint density at radius 2 is 1.77 bits per heavy atom. The van der Waals surface area contributed by atoms with Crippen molar-refractivity contribution < 1.29 is 9.44 Å². The Bertz CT molecular complexity index is 463. The van der Waals surface area contributed by atoms with Crippen LogP contribution in [0.5, 0.6) is 0 Å². The second-order valence-electron chi connectivity index (χ2n) is 9.69. The molecule has 3 rings (SSSR count). The van der Waals surface area contributed by atoms with Crippen molar-refractivity contribution in [3.63, 3.8) is 0 Å². The molecule has 3 nitrogen and oxygen atoms in total. The molecule has 0 amide bonds. The highest BCUT2D eigenvalue weighted by Crippen LogP contribution is 2.46. The molecule has 1 saturated heterocycles. The van der Waals surface area contributed by atoms with Crippen molar-refractivity contribution in [2.45, 2.75) is 103 Å². The summed E-state index contributed by atoms with van der Waals surface area (Å²) in [5, 5.41) is 13.6. The summed E-state index contributed by atoms with van der Waals surface area (Å²) in [6, 6.07) is 0.225. The molecular weight excluding hydrogens is 322 g/mol. The Balaban J connectivity index is 1.62. The standard InChI is InChI=1S/C23H41NO2/c1-3-5-14-24(26)17-21(20-12-6-7-13-22(20)24)23(25)16-19-11-8-10-18(15-19)9-4-2/h18-22H,3-17H2,1-2H3. The summed E-state index contributed by atoms with van der Waals surface area (Å²) >= 11 is 0. The van der Waals surface area contributed by atoms with E-state index in [9.17, 15) is 10.0 Å². The minimum Gasteiger partial charge on any atom is -0.633 e. The van der Waals surface area contributed by atoms with Crippen LogP contribution in [0.25, 0.3) is 0 Å². The molecule has 3 fully saturated rings. The number of rotatable bonds is 8. The van der Waals surface area contributed by atoms with Gasteiger partial charge in [0.05, 0.1) is 25.0 Å². The molecule has 6 atom stereocenters. The molecule has 3 heteroatoms. The highest BCUT2D eigenvalue weighted by Gasteiger charge is 2.52. The molecule has 0 N–H and O–H groups in total. The van der Waals surface area contributed by atoms with E-state index in [4.69, 9.17) is 0 Å². The Morgan fingerprint density at radius 3 is 2.54 bits per heavy atom. The first-order valence-corrected chi connectivity index (χ1v) is 11.7. The van der Waals surface area contributed by atoms with Crippen LogP contribution in [0.2, 0.25) is 0 Å². The van der Waals surface area contributed by atoms with Gasteiger partial charge >= 0.3 is 0 Å². The molecule has 2 saturated carbocycles. The van der Waals surface area contributed by atoms with Gasteiger partial charge in [-0.25, -0.2) is 0 Å². The normalized spacial score (nSPS) is 40.3. The zero-order valence-corrected chi connectivity index (χ0v) is 17.3. The number of carbonyl (C=O) groups excluding carboxylic acids is 1. The van der Waals surface area contributed by atoms with Crippen LogP contribution >= 0.6 is 0 Å². The third-order valence-electron chi connectivity index (χ3n) is 7.79. The largest absolute Gasteiger partial charge is 0.633 e. The summed E-state index contributed by atoms with van der Waals surface area (Å²) in [5.74, 6) is 2.36. The van der Waals surface area contributed by atoms with E-state index >= 15 is 0 Å². The van der Waals surface area contributed by atoms with Crippen LogP contribution < -0.4 is 0 Å². The molecule has 0 aromatic rings. The number of fused-ring (bicyclic) bond motifs is 1. The Labute approximate surface area is 161 Å². The number of nitrogens with zero attached hydrogens (tertiary/aromatic N) is 1. The van der Waals surface area contributed by atoms with Gasteiger partial charge in [-0.3, -0.25) is 4.79 Å². The third-order valence-corrected chi connectivity index (χ3v) is 7.79. The lowest BCUT2D eigenvalue weighted by molar-refractivity contribution is -0.896. The fourth-order valence-electron chi connectivity index (χ4n) is 6.51. The SMILES string of the molecule is CCCC[N+]1([O-])CC(C(=O)CC2CCCC(CCC)C2)C2CCCCC21. The van der Waals surface area contributed by atoms with Gasteiger partial charge in [-0.15, -0.1) is 0 Å². The quantitative estimate of drug-likeness (QED) is 0.400. The maximum atomic E-state index is 13.6. The van der Waals surface area contributed by atoms with E-state index in [1.54, 1.807) is 0 Å². The third kappa shape index (κ3) is 4.52. The molecule has 150 valence electrons.